The summed E-state index contributed by atoms with van der Waals surface area (Å²) in [5.41, 5.74) is 4.02. The summed E-state index contributed by atoms with van der Waals surface area (Å²) >= 11 is 0. The number of piperazine rings is 1. The van der Waals surface area contributed by atoms with Crippen LogP contribution in [0, 0.1) is 0 Å². The number of amides is 2. The zero-order chi connectivity index (χ0) is 58.6. The Hall–Kier alpha value is -10.2. The standard InChI is InChI=1S/C30H28F2N8O3.C28H25F2N7O4/c1-19(39-13-10-33-11-14-39)20-5-3-6-21(15-20)42-22-7-8-26(43-30(31)32)23(16-22)27-25(18-38(2)37-27)36-29(41)24-17-35-40-12-4-9-34-28(24)40;1-35-15-28(39,16-35)17-5-3-6-18(11-17)40-19-7-8-23(41-27(29)30)20(12-19)24-22(14-36(2)34-24)33-26(38)21-13-32-37-10-4-9-31-25(21)37/h3-9,12,15-18,30,33H,1,10-11,13-14H2,2H3,(H,36,41);3-14,27,39H,15-16H2,1-2H3,(H,33,38). The van der Waals surface area contributed by atoms with E-state index in [0.29, 0.717) is 52.9 Å². The Labute approximate surface area is 476 Å². The molecular weight excluding hydrogens is 1090 g/mol. The van der Waals surface area contributed by atoms with Gasteiger partial charge in [0.2, 0.25) is 0 Å². The Bertz CT molecular complexity index is 4060. The number of likely N-dealkylation sites (tertiary alicyclic amines) is 1. The molecule has 10 aromatic rings. The van der Waals surface area contributed by atoms with Gasteiger partial charge in [0.25, 0.3) is 11.8 Å². The Kier molecular flexibility index (Phi) is 15.7. The molecule has 2 aliphatic heterocycles. The number of benzene rings is 4. The monoisotopic (exact) mass is 1150 g/mol. The minimum atomic E-state index is -3.09. The van der Waals surface area contributed by atoms with Crippen LogP contribution in [0.25, 0.3) is 39.5 Å². The number of rotatable bonds is 17. The van der Waals surface area contributed by atoms with Crippen LogP contribution in [0.15, 0.2) is 153 Å². The molecule has 0 unspecified atom stereocenters. The summed E-state index contributed by atoms with van der Waals surface area (Å²) in [7, 11) is 5.21. The highest BCUT2D eigenvalue weighted by Crippen LogP contribution is 2.42. The van der Waals surface area contributed by atoms with E-state index in [2.05, 4.69) is 57.8 Å². The van der Waals surface area contributed by atoms with Crippen molar-refractivity contribution < 1.29 is 51.2 Å². The van der Waals surface area contributed by atoms with Crippen LogP contribution in [0.1, 0.15) is 31.8 Å². The summed E-state index contributed by atoms with van der Waals surface area (Å²) in [4.78, 5) is 39.0. The average Bonchev–Trinajstić information content (AvgIpc) is 4.47. The molecule has 2 saturated heterocycles. The largest absolute Gasteiger partial charge is 0.457 e. The van der Waals surface area contributed by atoms with Crippen LogP contribution >= 0.6 is 0 Å². The second-order valence-electron chi connectivity index (χ2n) is 19.7. The van der Waals surface area contributed by atoms with Gasteiger partial charge in [0.15, 0.2) is 11.3 Å². The molecule has 2 aliphatic rings. The van der Waals surface area contributed by atoms with Crippen molar-refractivity contribution in [3.8, 4) is 57.0 Å². The molecule has 4 aromatic carbocycles. The van der Waals surface area contributed by atoms with Gasteiger partial charge >= 0.3 is 13.2 Å². The fourth-order valence-corrected chi connectivity index (χ4v) is 9.83. The minimum Gasteiger partial charge on any atom is -0.457 e. The first-order valence-corrected chi connectivity index (χ1v) is 26.1. The van der Waals surface area contributed by atoms with Gasteiger partial charge in [-0.05, 0) is 85.4 Å². The summed E-state index contributed by atoms with van der Waals surface area (Å²) < 4.78 is 81.2. The molecule has 0 aliphatic carbocycles. The van der Waals surface area contributed by atoms with E-state index in [-0.39, 0.29) is 56.5 Å². The number of carbonyl (C=O) groups excluding carboxylic acids is 2. The highest BCUT2D eigenvalue weighted by molar-refractivity contribution is 6.10. The zero-order valence-electron chi connectivity index (χ0n) is 45.2. The number of halogens is 4. The number of aryl methyl sites for hydroxylation is 2. The van der Waals surface area contributed by atoms with Crippen LogP contribution in [0.2, 0.25) is 0 Å². The van der Waals surface area contributed by atoms with Gasteiger partial charge in [-0.1, -0.05) is 30.8 Å². The van der Waals surface area contributed by atoms with Gasteiger partial charge in [0, 0.05) is 102 Å². The molecule has 84 heavy (non-hydrogen) atoms. The van der Waals surface area contributed by atoms with E-state index in [9.17, 15) is 32.3 Å². The molecule has 0 radical (unpaired) electrons. The molecule has 26 heteroatoms. The summed E-state index contributed by atoms with van der Waals surface area (Å²) in [6.45, 7) is 2.58. The van der Waals surface area contributed by atoms with Gasteiger partial charge in [-0.3, -0.25) is 23.9 Å². The third-order valence-electron chi connectivity index (χ3n) is 13.6. The maximum Gasteiger partial charge on any atom is 0.387 e. The number of β-amino-alcohol motifs (C(OH)–C–C–N with tert-alkyl or cyclic N) is 1. The van der Waals surface area contributed by atoms with Crippen LogP contribution in [0.5, 0.6) is 34.5 Å². The predicted octanol–water partition coefficient (Wildman–Crippen LogP) is 8.56. The number of hydrogen-bond acceptors (Lipinski definition) is 16. The molecule has 0 spiro atoms. The summed E-state index contributed by atoms with van der Waals surface area (Å²) in [6.07, 6.45) is 12.3. The lowest BCUT2D eigenvalue weighted by Crippen LogP contribution is -2.57. The van der Waals surface area contributed by atoms with E-state index in [0.717, 1.165) is 37.4 Å². The lowest BCUT2D eigenvalue weighted by atomic mass is 9.86. The zero-order valence-corrected chi connectivity index (χ0v) is 45.2. The Balaban J connectivity index is 0.000000176. The topological polar surface area (TPSA) is 230 Å². The number of hydrogen-bond donors (Lipinski definition) is 4. The number of carbonyl (C=O) groups is 2. The number of alkyl halides is 4. The first-order chi connectivity index (χ1) is 40.5. The minimum absolute atomic E-state index is 0.130. The van der Waals surface area contributed by atoms with E-state index in [1.54, 1.807) is 93.7 Å². The van der Waals surface area contributed by atoms with Crippen LogP contribution in [0.4, 0.5) is 28.9 Å². The third kappa shape index (κ3) is 12.2. The molecule has 22 nitrogen and oxygen atoms in total. The molecular formula is C58H53F4N15O7. The number of aliphatic hydroxyl groups is 1. The molecule has 430 valence electrons. The lowest BCUT2D eigenvalue weighted by Gasteiger charge is -2.44. The van der Waals surface area contributed by atoms with Gasteiger partial charge in [-0.15, -0.1) is 0 Å². The van der Waals surface area contributed by atoms with Gasteiger partial charge in [-0.2, -0.15) is 38.0 Å². The van der Waals surface area contributed by atoms with Gasteiger partial charge in [0.05, 0.1) is 34.9 Å². The highest BCUT2D eigenvalue weighted by atomic mass is 19.3. The Morgan fingerprint density at radius 3 is 1.64 bits per heavy atom. The van der Waals surface area contributed by atoms with Crippen molar-refractivity contribution in [2.24, 2.45) is 14.1 Å². The Morgan fingerprint density at radius 1 is 0.655 bits per heavy atom. The maximum atomic E-state index is 13.4. The molecule has 0 bridgehead atoms. The Morgan fingerprint density at radius 2 is 1.14 bits per heavy atom. The van der Waals surface area contributed by atoms with Crippen molar-refractivity contribution in [1.82, 2.24) is 63.9 Å². The van der Waals surface area contributed by atoms with E-state index >= 15 is 0 Å². The number of nitrogens with one attached hydrogen (secondary N) is 3. The van der Waals surface area contributed by atoms with E-state index in [1.807, 2.05) is 36.2 Å². The molecule has 2 fully saturated rings. The number of aromatic nitrogens is 10. The molecule has 4 N–H and O–H groups in total. The van der Waals surface area contributed by atoms with Gasteiger partial charge in [0.1, 0.15) is 62.6 Å². The second-order valence-corrected chi connectivity index (χ2v) is 19.7. The molecule has 8 heterocycles. The summed E-state index contributed by atoms with van der Waals surface area (Å²) in [6, 6.07) is 26.8. The normalized spacial score (nSPS) is 14.0. The van der Waals surface area contributed by atoms with Crippen LogP contribution in [-0.4, -0.2) is 135 Å². The molecule has 0 atom stereocenters. The number of fused-ring (bicyclic) bond motifs is 2. The smallest absolute Gasteiger partial charge is 0.387 e. The molecule has 6 aromatic heterocycles. The lowest BCUT2D eigenvalue weighted by molar-refractivity contribution is -0.0919. The van der Waals surface area contributed by atoms with Crippen molar-refractivity contribution >= 4 is 40.2 Å². The van der Waals surface area contributed by atoms with E-state index in [1.165, 1.54) is 61.1 Å². The molecule has 2 amide bonds. The first kappa shape index (κ1) is 55.7. The predicted molar refractivity (Wildman–Crippen MR) is 300 cm³/mol. The molecule has 0 saturated carbocycles. The number of ether oxygens (including phenoxy) is 4. The van der Waals surface area contributed by atoms with Crippen LogP contribution in [0.3, 0.4) is 0 Å². The first-order valence-electron chi connectivity index (χ1n) is 26.1. The van der Waals surface area contributed by atoms with Crippen LogP contribution in [-0.2, 0) is 19.7 Å². The highest BCUT2D eigenvalue weighted by Gasteiger charge is 2.41. The van der Waals surface area contributed by atoms with Gasteiger partial charge < -0.3 is 44.9 Å². The van der Waals surface area contributed by atoms with Crippen molar-refractivity contribution in [1.29, 1.82) is 0 Å². The van der Waals surface area contributed by atoms with Crippen molar-refractivity contribution in [2.75, 3.05) is 56.9 Å². The molecule has 12 rings (SSSR count). The maximum absolute atomic E-state index is 13.4. The third-order valence-corrected chi connectivity index (χ3v) is 13.6. The van der Waals surface area contributed by atoms with E-state index < -0.39 is 30.6 Å². The average molecular weight is 1150 g/mol. The van der Waals surface area contributed by atoms with Gasteiger partial charge in [-0.25, -0.2) is 19.0 Å². The van der Waals surface area contributed by atoms with Crippen molar-refractivity contribution in [2.45, 2.75) is 18.8 Å². The fraction of sp³-hybridized carbons (Fsp3) is 0.207. The number of nitrogens with zero attached hydrogens (tertiary/aromatic N) is 12. The number of anilines is 2. The fourth-order valence-electron chi connectivity index (χ4n) is 9.83. The van der Waals surface area contributed by atoms with Crippen LogP contribution < -0.4 is 34.9 Å². The van der Waals surface area contributed by atoms with E-state index in [4.69, 9.17) is 18.9 Å². The summed E-state index contributed by atoms with van der Waals surface area (Å²) in [5.74, 6) is 0.380. The quantitative estimate of drug-likeness (QED) is 0.0626. The second kappa shape index (κ2) is 23.7. The SMILES string of the molecule is C=C(c1cccc(Oc2ccc(OC(F)F)c(-c3nn(C)cc3NC(=O)c3cnn4cccnc34)c2)c1)N1CCNCC1.CN1CC(O)(c2cccc(Oc3ccc(OC(F)F)c(-c4nn(C)cc4NC(=O)c4cnn5cccnc45)c3)c2)C1. The number of likely N-dealkylation sites (N-methyl/N-ethyl adjacent to an activating group) is 1. The van der Waals surface area contributed by atoms with Crippen molar-refractivity contribution in [3.05, 3.63) is 175 Å². The summed E-state index contributed by atoms with van der Waals surface area (Å²) in [5, 5.41) is 36.9. The van der Waals surface area contributed by atoms with Crippen molar-refractivity contribution in [3.63, 3.8) is 0 Å².